The number of nitrogens with zero attached hydrogens (tertiary/aromatic N) is 4. The molecule has 1 unspecified atom stereocenters. The summed E-state index contributed by atoms with van der Waals surface area (Å²) >= 11 is 7.58. The Hall–Kier alpha value is -3.23. The van der Waals surface area contributed by atoms with Crippen LogP contribution in [0.1, 0.15) is 23.1 Å². The Morgan fingerprint density at radius 3 is 2.93 bits per heavy atom. The molecule has 0 radical (unpaired) electrons. The van der Waals surface area contributed by atoms with Crippen molar-refractivity contribution in [3.63, 3.8) is 0 Å². The molecule has 0 aliphatic carbocycles. The van der Waals surface area contributed by atoms with Crippen molar-refractivity contribution < 1.29 is 9.21 Å². The predicted octanol–water partition coefficient (Wildman–Crippen LogP) is 4.08. The van der Waals surface area contributed by atoms with Gasteiger partial charge in [-0.05, 0) is 41.8 Å². The molecule has 0 spiro atoms. The summed E-state index contributed by atoms with van der Waals surface area (Å²) in [7, 11) is 0. The second kappa shape index (κ2) is 7.55. The van der Waals surface area contributed by atoms with Crippen LogP contribution < -0.4 is 5.56 Å². The van der Waals surface area contributed by atoms with E-state index in [0.29, 0.717) is 28.1 Å². The molecule has 0 saturated heterocycles. The molecule has 1 aliphatic rings. The third-order valence-electron chi connectivity index (χ3n) is 4.93. The van der Waals surface area contributed by atoms with Gasteiger partial charge in [-0.15, -0.1) is 11.3 Å². The van der Waals surface area contributed by atoms with Crippen LogP contribution in [0.4, 0.5) is 0 Å². The first kappa shape index (κ1) is 18.8. The second-order valence-electron chi connectivity index (χ2n) is 6.84. The number of carbonyl (C=O) groups excluding carboxylic acids is 1. The lowest BCUT2D eigenvalue weighted by Gasteiger charge is -2.20. The van der Waals surface area contributed by atoms with Gasteiger partial charge in [0.1, 0.15) is 18.3 Å². The fraction of sp³-hybridized carbons (Fsp3) is 0.143. The minimum absolute atomic E-state index is 0.188. The standard InChI is InChI=1S/C21H15ClN4O3S/c22-13-5-6-15-14(9-13)21(28)25(12-23-15)11-20(27)26-17(18-3-1-7-29-18)10-16(24-26)19-4-2-8-30-19/h1-9,12,17H,10-11H2. The number of amides is 1. The van der Waals surface area contributed by atoms with Gasteiger partial charge in [-0.2, -0.15) is 5.10 Å². The summed E-state index contributed by atoms with van der Waals surface area (Å²) in [6.07, 6.45) is 3.49. The summed E-state index contributed by atoms with van der Waals surface area (Å²) in [6.45, 7) is -0.188. The van der Waals surface area contributed by atoms with Gasteiger partial charge in [0.05, 0.1) is 34.1 Å². The number of fused-ring (bicyclic) bond motifs is 1. The summed E-state index contributed by atoms with van der Waals surface area (Å²) in [6, 6.07) is 12.1. The third-order valence-corrected chi connectivity index (χ3v) is 6.09. The normalized spacial score (nSPS) is 16.2. The first-order valence-corrected chi connectivity index (χ1v) is 10.5. The second-order valence-corrected chi connectivity index (χ2v) is 8.22. The summed E-state index contributed by atoms with van der Waals surface area (Å²) < 4.78 is 6.83. The van der Waals surface area contributed by atoms with Crippen LogP contribution in [0.15, 0.2) is 74.7 Å². The molecule has 5 rings (SSSR count). The van der Waals surface area contributed by atoms with Gasteiger partial charge in [-0.25, -0.2) is 9.99 Å². The lowest BCUT2D eigenvalue weighted by molar-refractivity contribution is -0.134. The van der Waals surface area contributed by atoms with Crippen LogP contribution in [0, 0.1) is 0 Å². The minimum Gasteiger partial charge on any atom is -0.467 e. The fourth-order valence-corrected chi connectivity index (χ4v) is 4.39. The molecule has 1 aliphatic heterocycles. The number of hydrazone groups is 1. The van der Waals surface area contributed by atoms with E-state index in [2.05, 4.69) is 10.1 Å². The van der Waals surface area contributed by atoms with Crippen LogP contribution in [-0.2, 0) is 11.3 Å². The number of thiophene rings is 1. The van der Waals surface area contributed by atoms with Crippen molar-refractivity contribution in [2.45, 2.75) is 19.0 Å². The van der Waals surface area contributed by atoms with Crippen molar-refractivity contribution in [2.75, 3.05) is 0 Å². The van der Waals surface area contributed by atoms with E-state index in [9.17, 15) is 9.59 Å². The molecule has 0 bridgehead atoms. The monoisotopic (exact) mass is 438 g/mol. The van der Waals surface area contributed by atoms with Crippen molar-refractivity contribution in [3.05, 3.63) is 86.4 Å². The molecule has 1 atom stereocenters. The number of halogens is 1. The molecule has 4 aromatic rings. The summed E-state index contributed by atoms with van der Waals surface area (Å²) in [5.41, 5.74) is 1.02. The van der Waals surface area contributed by atoms with Crippen LogP contribution >= 0.6 is 22.9 Å². The highest BCUT2D eigenvalue weighted by atomic mass is 35.5. The molecule has 30 heavy (non-hydrogen) atoms. The molecular formula is C21H15ClN4O3S. The predicted molar refractivity (Wildman–Crippen MR) is 115 cm³/mol. The van der Waals surface area contributed by atoms with E-state index in [1.54, 1.807) is 41.9 Å². The lowest BCUT2D eigenvalue weighted by Crippen LogP contribution is -2.34. The van der Waals surface area contributed by atoms with E-state index in [1.165, 1.54) is 15.9 Å². The van der Waals surface area contributed by atoms with E-state index < -0.39 is 0 Å². The summed E-state index contributed by atoms with van der Waals surface area (Å²) in [5.74, 6) is 0.322. The largest absolute Gasteiger partial charge is 0.467 e. The van der Waals surface area contributed by atoms with Crippen molar-refractivity contribution in [2.24, 2.45) is 5.10 Å². The van der Waals surface area contributed by atoms with E-state index in [0.717, 1.165) is 10.6 Å². The van der Waals surface area contributed by atoms with Gasteiger partial charge in [0.2, 0.25) is 0 Å². The van der Waals surface area contributed by atoms with E-state index in [-0.39, 0.29) is 24.1 Å². The molecule has 0 N–H and O–H groups in total. The van der Waals surface area contributed by atoms with Gasteiger partial charge in [0.25, 0.3) is 11.5 Å². The van der Waals surface area contributed by atoms with E-state index in [4.69, 9.17) is 16.0 Å². The Morgan fingerprint density at radius 1 is 1.27 bits per heavy atom. The number of benzene rings is 1. The molecule has 0 fully saturated rings. The van der Waals surface area contributed by atoms with Gasteiger partial charge >= 0.3 is 0 Å². The molecule has 0 saturated carbocycles. The molecule has 3 aromatic heterocycles. The Kier molecular flexibility index (Phi) is 4.72. The summed E-state index contributed by atoms with van der Waals surface area (Å²) in [5, 5.41) is 8.74. The SMILES string of the molecule is O=C(Cn1cnc2ccc(Cl)cc2c1=O)N1N=C(c2cccs2)CC1c1ccco1. The zero-order valence-corrected chi connectivity index (χ0v) is 17.1. The maximum atomic E-state index is 13.2. The Bertz CT molecular complexity index is 1310. The molecular weight excluding hydrogens is 424 g/mol. The Balaban J connectivity index is 1.48. The van der Waals surface area contributed by atoms with Crippen LogP contribution in [0.3, 0.4) is 0 Å². The molecule has 7 nitrogen and oxygen atoms in total. The van der Waals surface area contributed by atoms with Crippen molar-refractivity contribution in [1.82, 2.24) is 14.6 Å². The van der Waals surface area contributed by atoms with Crippen molar-refractivity contribution in [3.8, 4) is 0 Å². The molecule has 1 aromatic carbocycles. The first-order valence-electron chi connectivity index (χ1n) is 9.21. The molecule has 1 amide bonds. The van der Waals surface area contributed by atoms with Gasteiger partial charge in [-0.3, -0.25) is 14.2 Å². The number of furan rings is 1. The number of rotatable bonds is 4. The average Bonchev–Trinajstić information content (AvgIpc) is 3.50. The highest BCUT2D eigenvalue weighted by Gasteiger charge is 2.35. The number of hydrogen-bond acceptors (Lipinski definition) is 6. The maximum Gasteiger partial charge on any atom is 0.263 e. The topological polar surface area (TPSA) is 80.7 Å². The van der Waals surface area contributed by atoms with Crippen molar-refractivity contribution >= 4 is 45.5 Å². The highest BCUT2D eigenvalue weighted by Crippen LogP contribution is 2.34. The van der Waals surface area contributed by atoms with Gasteiger partial charge < -0.3 is 4.42 Å². The summed E-state index contributed by atoms with van der Waals surface area (Å²) in [4.78, 5) is 31.3. The van der Waals surface area contributed by atoms with Gasteiger partial charge in [-0.1, -0.05) is 17.7 Å². The van der Waals surface area contributed by atoms with Crippen LogP contribution in [0.25, 0.3) is 10.9 Å². The zero-order valence-electron chi connectivity index (χ0n) is 15.6. The maximum absolute atomic E-state index is 13.2. The van der Waals surface area contributed by atoms with E-state index >= 15 is 0 Å². The minimum atomic E-state index is -0.358. The van der Waals surface area contributed by atoms with Gasteiger partial charge in [0, 0.05) is 11.4 Å². The highest BCUT2D eigenvalue weighted by molar-refractivity contribution is 7.12. The molecule has 150 valence electrons. The smallest absolute Gasteiger partial charge is 0.263 e. The quantitative estimate of drug-likeness (QED) is 0.480. The Labute approximate surface area is 179 Å². The number of carbonyl (C=O) groups is 1. The number of aromatic nitrogens is 2. The van der Waals surface area contributed by atoms with Crippen LogP contribution in [0.2, 0.25) is 5.02 Å². The van der Waals surface area contributed by atoms with E-state index in [1.807, 2.05) is 23.6 Å². The zero-order chi connectivity index (χ0) is 20.7. The third kappa shape index (κ3) is 3.34. The average molecular weight is 439 g/mol. The Morgan fingerprint density at radius 2 is 2.17 bits per heavy atom. The number of hydrogen-bond donors (Lipinski definition) is 0. The fourth-order valence-electron chi connectivity index (χ4n) is 3.50. The van der Waals surface area contributed by atoms with Crippen LogP contribution in [-0.4, -0.2) is 26.2 Å². The molecule has 9 heteroatoms. The van der Waals surface area contributed by atoms with Gasteiger partial charge in [0.15, 0.2) is 0 Å². The van der Waals surface area contributed by atoms with Crippen LogP contribution in [0.5, 0.6) is 0 Å². The van der Waals surface area contributed by atoms with Crippen molar-refractivity contribution in [1.29, 1.82) is 0 Å². The molecule has 4 heterocycles. The lowest BCUT2D eigenvalue weighted by atomic mass is 10.1. The first-order chi connectivity index (χ1) is 14.6.